The highest BCUT2D eigenvalue weighted by Crippen LogP contribution is 2.35. The number of hydrogen-bond acceptors (Lipinski definition) is 7. The number of ketones is 1. The monoisotopic (exact) mass is 408 g/mol. The molecule has 3 aromatic rings. The molecule has 1 unspecified atom stereocenters. The minimum absolute atomic E-state index is 0.00546. The maximum atomic E-state index is 12.9. The van der Waals surface area contributed by atoms with Crippen molar-refractivity contribution < 1.29 is 33.6 Å². The zero-order valence-corrected chi connectivity index (χ0v) is 16.4. The number of methoxy groups -OCH3 is 2. The largest absolute Gasteiger partial charge is 0.508 e. The number of Topliss-reactive ketones (excluding diaryl/α,β-unsaturated/α-hetero) is 1. The van der Waals surface area contributed by atoms with Crippen LogP contribution in [0.15, 0.2) is 66.7 Å². The van der Waals surface area contributed by atoms with E-state index in [1.807, 2.05) is 0 Å². The van der Waals surface area contributed by atoms with E-state index in [-0.39, 0.29) is 17.3 Å². The minimum atomic E-state index is -1.08. The lowest BCUT2D eigenvalue weighted by atomic mass is 10.1. The Morgan fingerprint density at radius 3 is 1.80 bits per heavy atom. The highest BCUT2D eigenvalue weighted by molar-refractivity contribution is 6.05. The van der Waals surface area contributed by atoms with Crippen LogP contribution in [-0.4, -0.2) is 37.5 Å². The van der Waals surface area contributed by atoms with Gasteiger partial charge in [-0.25, -0.2) is 0 Å². The smallest absolute Gasteiger partial charge is 0.285 e. The number of ether oxygens (including phenoxy) is 5. The fourth-order valence-electron chi connectivity index (χ4n) is 3.06. The molecule has 0 saturated carbocycles. The Hall–Kier alpha value is -3.87. The van der Waals surface area contributed by atoms with E-state index in [9.17, 15) is 9.90 Å². The van der Waals surface area contributed by atoms with Crippen molar-refractivity contribution in [3.05, 3.63) is 72.3 Å². The maximum absolute atomic E-state index is 12.9. The Bertz CT molecular complexity index is 979. The molecule has 0 fully saturated rings. The highest BCUT2D eigenvalue weighted by Gasteiger charge is 2.41. The van der Waals surface area contributed by atoms with Crippen molar-refractivity contribution in [3.8, 4) is 34.5 Å². The fourth-order valence-corrected chi connectivity index (χ4v) is 3.06. The van der Waals surface area contributed by atoms with Gasteiger partial charge in [-0.3, -0.25) is 4.79 Å². The molecule has 1 aliphatic rings. The number of phenols is 1. The summed E-state index contributed by atoms with van der Waals surface area (Å²) < 4.78 is 28.1. The van der Waals surface area contributed by atoms with Crippen molar-refractivity contribution in [2.75, 3.05) is 14.2 Å². The molecule has 0 spiro atoms. The number of hydrogen-bond donors (Lipinski definition) is 1. The van der Waals surface area contributed by atoms with Gasteiger partial charge in [-0.05, 0) is 60.7 Å². The SMILES string of the molecule is COc1ccc(OC(Oc2ccc(OC)cc2)C2Oc3cc(O)ccc3C2=O)cc1. The zero-order chi connectivity index (χ0) is 21.1. The topological polar surface area (TPSA) is 83.5 Å². The molecule has 0 aliphatic carbocycles. The second kappa shape index (κ2) is 8.24. The quantitative estimate of drug-likeness (QED) is 0.595. The van der Waals surface area contributed by atoms with Gasteiger partial charge in [0.25, 0.3) is 6.29 Å². The first kappa shape index (κ1) is 19.4. The van der Waals surface area contributed by atoms with Crippen molar-refractivity contribution >= 4 is 5.78 Å². The maximum Gasteiger partial charge on any atom is 0.285 e. The fraction of sp³-hybridized carbons (Fsp3) is 0.174. The van der Waals surface area contributed by atoms with Crippen LogP contribution in [0.4, 0.5) is 0 Å². The van der Waals surface area contributed by atoms with E-state index in [1.165, 1.54) is 18.2 Å². The van der Waals surface area contributed by atoms with Gasteiger partial charge in [0.1, 0.15) is 34.5 Å². The molecule has 1 heterocycles. The highest BCUT2D eigenvalue weighted by atomic mass is 16.7. The van der Waals surface area contributed by atoms with Gasteiger partial charge in [0.05, 0.1) is 19.8 Å². The lowest BCUT2D eigenvalue weighted by molar-refractivity contribution is -0.0564. The van der Waals surface area contributed by atoms with Gasteiger partial charge in [0.2, 0.25) is 11.9 Å². The predicted molar refractivity (Wildman–Crippen MR) is 108 cm³/mol. The average molecular weight is 408 g/mol. The van der Waals surface area contributed by atoms with Crippen LogP contribution in [0.2, 0.25) is 0 Å². The molecule has 4 rings (SSSR count). The summed E-state index contributed by atoms with van der Waals surface area (Å²) in [5, 5.41) is 9.70. The van der Waals surface area contributed by atoms with Crippen LogP contribution in [-0.2, 0) is 0 Å². The normalized spacial score (nSPS) is 14.8. The molecular formula is C23H20O7. The summed E-state index contributed by atoms with van der Waals surface area (Å²) in [5.74, 6) is 2.29. The molecule has 1 atom stereocenters. The summed E-state index contributed by atoms with van der Waals surface area (Å²) in [6.07, 6.45) is -2.13. The molecule has 30 heavy (non-hydrogen) atoms. The number of carbonyl (C=O) groups excluding carboxylic acids is 1. The molecule has 1 N–H and O–H groups in total. The van der Waals surface area contributed by atoms with E-state index in [0.717, 1.165) is 0 Å². The number of benzene rings is 3. The Kier molecular flexibility index (Phi) is 5.34. The zero-order valence-electron chi connectivity index (χ0n) is 16.4. The van der Waals surface area contributed by atoms with Crippen LogP contribution in [0.5, 0.6) is 34.5 Å². The van der Waals surface area contributed by atoms with Crippen molar-refractivity contribution in [2.45, 2.75) is 12.4 Å². The Morgan fingerprint density at radius 2 is 1.30 bits per heavy atom. The van der Waals surface area contributed by atoms with Crippen molar-refractivity contribution in [1.29, 1.82) is 0 Å². The Labute approximate surface area is 173 Å². The van der Waals surface area contributed by atoms with Crippen LogP contribution in [0, 0.1) is 0 Å². The van der Waals surface area contributed by atoms with E-state index < -0.39 is 12.4 Å². The summed E-state index contributed by atoms with van der Waals surface area (Å²) in [6.45, 7) is 0. The molecule has 0 saturated heterocycles. The van der Waals surface area contributed by atoms with Gasteiger partial charge in [0, 0.05) is 6.07 Å². The van der Waals surface area contributed by atoms with Crippen molar-refractivity contribution in [2.24, 2.45) is 0 Å². The first-order chi connectivity index (χ1) is 14.6. The van der Waals surface area contributed by atoms with Crippen LogP contribution in [0.1, 0.15) is 10.4 Å². The average Bonchev–Trinajstić information content (AvgIpc) is 3.09. The Balaban J connectivity index is 1.61. The lowest BCUT2D eigenvalue weighted by Gasteiger charge is -2.24. The van der Waals surface area contributed by atoms with E-state index in [1.54, 1.807) is 62.8 Å². The van der Waals surface area contributed by atoms with E-state index in [0.29, 0.717) is 28.6 Å². The first-order valence-corrected chi connectivity index (χ1v) is 9.22. The van der Waals surface area contributed by atoms with Crippen LogP contribution in [0.3, 0.4) is 0 Å². The standard InChI is InChI=1S/C23H20O7/c1-26-15-4-8-17(9-5-15)28-23(29-18-10-6-16(27-2)7-11-18)22-21(25)19-12-3-14(24)13-20(19)30-22/h3-13,22-24H,1-2H3. The van der Waals surface area contributed by atoms with Crippen LogP contribution >= 0.6 is 0 Å². The van der Waals surface area contributed by atoms with Gasteiger partial charge < -0.3 is 28.8 Å². The second-order valence-corrected chi connectivity index (χ2v) is 6.54. The van der Waals surface area contributed by atoms with Gasteiger partial charge in [-0.15, -0.1) is 0 Å². The molecule has 7 nitrogen and oxygen atoms in total. The molecule has 3 aromatic carbocycles. The van der Waals surface area contributed by atoms with Crippen LogP contribution < -0.4 is 23.7 Å². The van der Waals surface area contributed by atoms with Gasteiger partial charge >= 0.3 is 0 Å². The molecule has 0 bridgehead atoms. The summed E-state index contributed by atoms with van der Waals surface area (Å²) in [6, 6.07) is 18.1. The van der Waals surface area contributed by atoms with Crippen molar-refractivity contribution in [1.82, 2.24) is 0 Å². The van der Waals surface area contributed by atoms with Crippen molar-refractivity contribution in [3.63, 3.8) is 0 Å². The lowest BCUT2D eigenvalue weighted by Crippen LogP contribution is -2.43. The third kappa shape index (κ3) is 3.96. The van der Waals surface area contributed by atoms with Gasteiger partial charge in [-0.1, -0.05) is 0 Å². The number of carbonyl (C=O) groups is 1. The van der Waals surface area contributed by atoms with Gasteiger partial charge in [-0.2, -0.15) is 0 Å². The number of rotatable bonds is 7. The third-order valence-corrected chi connectivity index (χ3v) is 4.61. The number of fused-ring (bicyclic) bond motifs is 1. The molecular weight excluding hydrogens is 388 g/mol. The summed E-state index contributed by atoms with van der Waals surface area (Å²) >= 11 is 0. The summed E-state index contributed by atoms with van der Waals surface area (Å²) in [4.78, 5) is 12.9. The van der Waals surface area contributed by atoms with Gasteiger partial charge in [0.15, 0.2) is 0 Å². The molecule has 0 aromatic heterocycles. The number of phenolic OH excluding ortho intramolecular Hbond substituents is 1. The van der Waals surface area contributed by atoms with Crippen LogP contribution in [0.25, 0.3) is 0 Å². The summed E-state index contributed by atoms with van der Waals surface area (Å²) in [5.41, 5.74) is 0.361. The van der Waals surface area contributed by atoms with E-state index >= 15 is 0 Å². The molecule has 154 valence electrons. The molecule has 0 radical (unpaired) electrons. The Morgan fingerprint density at radius 1 is 0.800 bits per heavy atom. The molecule has 1 aliphatic heterocycles. The third-order valence-electron chi connectivity index (χ3n) is 4.61. The molecule has 7 heteroatoms. The van der Waals surface area contributed by atoms with E-state index in [2.05, 4.69) is 0 Å². The van der Waals surface area contributed by atoms with E-state index in [4.69, 9.17) is 23.7 Å². The number of aromatic hydroxyl groups is 1. The predicted octanol–water partition coefficient (Wildman–Crippen LogP) is 3.84. The second-order valence-electron chi connectivity index (χ2n) is 6.54. The summed E-state index contributed by atoms with van der Waals surface area (Å²) in [7, 11) is 3.15. The first-order valence-electron chi connectivity index (χ1n) is 9.22. The minimum Gasteiger partial charge on any atom is -0.508 e. The molecule has 0 amide bonds.